The Hall–Kier alpha value is -2.65. The minimum atomic E-state index is -0.170. The topological polar surface area (TPSA) is 79.9 Å². The van der Waals surface area contributed by atoms with Crippen LogP contribution >= 0.6 is 0 Å². The lowest BCUT2D eigenvalue weighted by Gasteiger charge is -2.18. The molecule has 6 heteroatoms. The van der Waals surface area contributed by atoms with E-state index in [4.69, 9.17) is 10.00 Å². The second kappa shape index (κ2) is 6.00. The third kappa shape index (κ3) is 2.85. The van der Waals surface area contributed by atoms with Crippen molar-refractivity contribution in [2.45, 2.75) is 18.6 Å². The molecule has 3 rings (SSSR count). The quantitative estimate of drug-likeness (QED) is 0.932. The number of hydrogen-bond donors (Lipinski definition) is 1. The number of nitrogens with one attached hydrogen (secondary N) is 1. The van der Waals surface area contributed by atoms with Gasteiger partial charge in [0.2, 0.25) is 0 Å². The fourth-order valence-electron chi connectivity index (χ4n) is 2.60. The molecule has 2 aromatic rings. The van der Waals surface area contributed by atoms with E-state index in [0.29, 0.717) is 17.7 Å². The summed E-state index contributed by atoms with van der Waals surface area (Å²) in [4.78, 5) is 12.3. The lowest BCUT2D eigenvalue weighted by Crippen LogP contribution is -2.36. The summed E-state index contributed by atoms with van der Waals surface area (Å²) < 4.78 is 7.45. The molecule has 1 aromatic carbocycles. The van der Waals surface area contributed by atoms with Crippen molar-refractivity contribution < 1.29 is 9.53 Å². The van der Waals surface area contributed by atoms with Gasteiger partial charge >= 0.3 is 0 Å². The zero-order valence-corrected chi connectivity index (χ0v) is 12.2. The van der Waals surface area contributed by atoms with Crippen LogP contribution in [0.25, 0.3) is 0 Å². The van der Waals surface area contributed by atoms with Crippen LogP contribution in [0, 0.1) is 11.3 Å². The van der Waals surface area contributed by atoms with E-state index in [1.54, 1.807) is 35.1 Å². The van der Waals surface area contributed by atoms with Crippen LogP contribution in [0.15, 0.2) is 36.7 Å². The summed E-state index contributed by atoms with van der Waals surface area (Å²) in [7, 11) is 1.85. The van der Waals surface area contributed by atoms with Gasteiger partial charge in [0.05, 0.1) is 23.9 Å². The minimum Gasteiger partial charge on any atom is -0.371 e. The summed E-state index contributed by atoms with van der Waals surface area (Å²) in [6, 6.07) is 8.55. The Balaban J connectivity index is 1.71. The number of nitriles is 1. The highest BCUT2D eigenvalue weighted by atomic mass is 16.5. The molecule has 0 unspecified atom stereocenters. The highest BCUT2D eigenvalue weighted by Crippen LogP contribution is 2.28. The second-order valence-electron chi connectivity index (χ2n) is 5.30. The predicted octanol–water partition coefficient (Wildman–Crippen LogP) is 1.55. The first kappa shape index (κ1) is 14.3. The molecule has 2 heterocycles. The van der Waals surface area contributed by atoms with Crippen LogP contribution in [0.2, 0.25) is 0 Å². The number of aryl methyl sites for hydroxylation is 1. The van der Waals surface area contributed by atoms with Gasteiger partial charge in [-0.05, 0) is 30.7 Å². The molecule has 1 aromatic heterocycles. The van der Waals surface area contributed by atoms with Crippen molar-refractivity contribution in [3.63, 3.8) is 0 Å². The summed E-state index contributed by atoms with van der Waals surface area (Å²) >= 11 is 0. The van der Waals surface area contributed by atoms with Gasteiger partial charge in [-0.15, -0.1) is 0 Å². The smallest absolute Gasteiger partial charge is 0.251 e. The van der Waals surface area contributed by atoms with E-state index in [9.17, 15) is 4.79 Å². The number of rotatable bonds is 3. The summed E-state index contributed by atoms with van der Waals surface area (Å²) in [6.45, 7) is 0.609. The maximum atomic E-state index is 12.3. The fourth-order valence-corrected chi connectivity index (χ4v) is 2.60. The third-order valence-electron chi connectivity index (χ3n) is 3.74. The first-order valence-electron chi connectivity index (χ1n) is 7.08. The van der Waals surface area contributed by atoms with Gasteiger partial charge in [-0.1, -0.05) is 0 Å². The first-order chi connectivity index (χ1) is 10.7. The van der Waals surface area contributed by atoms with E-state index in [0.717, 1.165) is 12.0 Å². The number of benzene rings is 1. The Labute approximate surface area is 128 Å². The van der Waals surface area contributed by atoms with E-state index in [-0.39, 0.29) is 18.1 Å². The van der Waals surface area contributed by atoms with Gasteiger partial charge in [0.15, 0.2) is 0 Å². The second-order valence-corrected chi connectivity index (χ2v) is 5.30. The van der Waals surface area contributed by atoms with Crippen LogP contribution in [0.4, 0.5) is 0 Å². The van der Waals surface area contributed by atoms with E-state index in [2.05, 4.69) is 10.4 Å². The number of carbonyl (C=O) groups excluding carboxylic acids is 1. The molecule has 1 aliphatic heterocycles. The van der Waals surface area contributed by atoms with Gasteiger partial charge < -0.3 is 10.1 Å². The number of nitrogens with zero attached hydrogens (tertiary/aromatic N) is 3. The van der Waals surface area contributed by atoms with Crippen molar-refractivity contribution in [3.8, 4) is 6.07 Å². The Morgan fingerprint density at radius 2 is 2.23 bits per heavy atom. The molecule has 0 bridgehead atoms. The van der Waals surface area contributed by atoms with Crippen LogP contribution in [-0.2, 0) is 11.8 Å². The summed E-state index contributed by atoms with van der Waals surface area (Å²) in [5.74, 6) is -0.158. The largest absolute Gasteiger partial charge is 0.371 e. The summed E-state index contributed by atoms with van der Waals surface area (Å²) in [5, 5.41) is 15.9. The molecule has 1 N–H and O–H groups in total. The van der Waals surface area contributed by atoms with Crippen molar-refractivity contribution >= 4 is 5.91 Å². The molecule has 6 nitrogen and oxygen atoms in total. The van der Waals surface area contributed by atoms with Crippen LogP contribution in [0.3, 0.4) is 0 Å². The Morgan fingerprint density at radius 3 is 2.86 bits per heavy atom. The normalized spacial score (nSPS) is 20.5. The van der Waals surface area contributed by atoms with Crippen LogP contribution < -0.4 is 5.32 Å². The average Bonchev–Trinajstić information content (AvgIpc) is 3.16. The Bertz CT molecular complexity index is 714. The molecule has 0 spiro atoms. The fraction of sp³-hybridized carbons (Fsp3) is 0.312. The molecule has 1 amide bonds. The number of hydrogen-bond acceptors (Lipinski definition) is 4. The maximum Gasteiger partial charge on any atom is 0.251 e. The van der Waals surface area contributed by atoms with Gasteiger partial charge in [-0.25, -0.2) is 0 Å². The van der Waals surface area contributed by atoms with E-state index in [1.165, 1.54) is 0 Å². The molecule has 1 saturated heterocycles. The van der Waals surface area contributed by atoms with Gasteiger partial charge in [-0.2, -0.15) is 10.4 Å². The SMILES string of the molecule is Cn1cc([C@H]2OCC[C@@H]2NC(=O)c2ccc(C#N)cc2)cn1. The zero-order chi connectivity index (χ0) is 15.5. The highest BCUT2D eigenvalue weighted by molar-refractivity contribution is 5.94. The van der Waals surface area contributed by atoms with E-state index >= 15 is 0 Å². The lowest BCUT2D eigenvalue weighted by molar-refractivity contribution is 0.0821. The maximum absolute atomic E-state index is 12.3. The monoisotopic (exact) mass is 296 g/mol. The number of carbonyl (C=O) groups is 1. The molecule has 2 atom stereocenters. The summed E-state index contributed by atoms with van der Waals surface area (Å²) in [6.07, 6.45) is 4.26. The molecule has 112 valence electrons. The molecule has 1 fully saturated rings. The number of aromatic nitrogens is 2. The Kier molecular flexibility index (Phi) is 3.90. The Morgan fingerprint density at radius 1 is 1.45 bits per heavy atom. The van der Waals surface area contributed by atoms with Crippen molar-refractivity contribution in [2.24, 2.45) is 7.05 Å². The van der Waals surface area contributed by atoms with Crippen LogP contribution in [-0.4, -0.2) is 28.3 Å². The van der Waals surface area contributed by atoms with Gasteiger partial charge in [0.25, 0.3) is 5.91 Å². The highest BCUT2D eigenvalue weighted by Gasteiger charge is 2.31. The lowest BCUT2D eigenvalue weighted by atomic mass is 10.0. The van der Waals surface area contributed by atoms with Crippen molar-refractivity contribution in [1.29, 1.82) is 5.26 Å². The molecule has 22 heavy (non-hydrogen) atoms. The van der Waals surface area contributed by atoms with E-state index in [1.807, 2.05) is 19.3 Å². The first-order valence-corrected chi connectivity index (χ1v) is 7.08. The molecule has 1 aliphatic rings. The van der Waals surface area contributed by atoms with Crippen LogP contribution in [0.5, 0.6) is 0 Å². The molecular weight excluding hydrogens is 280 g/mol. The van der Waals surface area contributed by atoms with Gasteiger partial charge in [0, 0.05) is 31.0 Å². The van der Waals surface area contributed by atoms with E-state index < -0.39 is 0 Å². The van der Waals surface area contributed by atoms with Gasteiger partial charge in [-0.3, -0.25) is 9.48 Å². The molecular formula is C16H16N4O2. The number of ether oxygens (including phenoxy) is 1. The third-order valence-corrected chi connectivity index (χ3v) is 3.74. The predicted molar refractivity (Wildman–Crippen MR) is 78.9 cm³/mol. The standard InChI is InChI=1S/C16H16N4O2/c1-20-10-13(9-18-20)15-14(6-7-22-15)19-16(21)12-4-2-11(8-17)3-5-12/h2-5,9-10,14-15H,6-7H2,1H3,(H,19,21)/t14-,15+/m0/s1. The van der Waals surface area contributed by atoms with Crippen LogP contribution in [0.1, 0.15) is 34.0 Å². The number of amides is 1. The zero-order valence-electron chi connectivity index (χ0n) is 12.2. The molecule has 0 saturated carbocycles. The minimum absolute atomic E-state index is 0.0765. The van der Waals surface area contributed by atoms with Crippen molar-refractivity contribution in [2.75, 3.05) is 6.61 Å². The average molecular weight is 296 g/mol. The van der Waals surface area contributed by atoms with Crippen molar-refractivity contribution in [1.82, 2.24) is 15.1 Å². The molecule has 0 radical (unpaired) electrons. The van der Waals surface area contributed by atoms with Crippen molar-refractivity contribution in [3.05, 3.63) is 53.3 Å². The molecule has 0 aliphatic carbocycles. The van der Waals surface area contributed by atoms with Gasteiger partial charge in [0.1, 0.15) is 6.10 Å². The summed E-state index contributed by atoms with van der Waals surface area (Å²) in [5.41, 5.74) is 2.04.